The lowest BCUT2D eigenvalue weighted by atomic mass is 10.2. The summed E-state index contributed by atoms with van der Waals surface area (Å²) < 4.78 is -1.15. The van der Waals surface area contributed by atoms with Crippen LogP contribution in [0.25, 0.3) is 0 Å². The number of carbonyl (C=O) groups excluding carboxylic acids is 2. The van der Waals surface area contributed by atoms with E-state index in [0.717, 1.165) is 4.47 Å². The van der Waals surface area contributed by atoms with Gasteiger partial charge in [-0.1, -0.05) is 62.9 Å². The van der Waals surface area contributed by atoms with Gasteiger partial charge in [0.1, 0.15) is 6.17 Å². The Labute approximate surface area is 196 Å². The first kappa shape index (κ1) is 23.7. The van der Waals surface area contributed by atoms with Crippen molar-refractivity contribution >= 4 is 91.3 Å². The van der Waals surface area contributed by atoms with Crippen LogP contribution in [0, 0.1) is 0 Å². The Balaban J connectivity index is 2.07. The van der Waals surface area contributed by atoms with Crippen LogP contribution in [0.4, 0.5) is 11.4 Å². The summed E-state index contributed by atoms with van der Waals surface area (Å²) in [5.74, 6) is -0.653. The highest BCUT2D eigenvalue weighted by Crippen LogP contribution is 2.29. The summed E-state index contributed by atoms with van der Waals surface area (Å²) >= 11 is 26.6. The number of halogens is 4. The molecule has 0 aliphatic heterocycles. The molecule has 6 nitrogen and oxygen atoms in total. The zero-order valence-corrected chi connectivity index (χ0v) is 19.6. The summed E-state index contributed by atoms with van der Waals surface area (Å²) in [4.78, 5) is 23.7. The van der Waals surface area contributed by atoms with Gasteiger partial charge in [0.15, 0.2) is 5.11 Å². The van der Waals surface area contributed by atoms with Gasteiger partial charge < -0.3 is 21.3 Å². The number of hydrogen-bond donors (Lipinski definition) is 4. The zero-order valence-electron chi connectivity index (χ0n) is 14.9. The third-order valence-electron chi connectivity index (χ3n) is 3.41. The van der Waals surface area contributed by atoms with Crippen molar-refractivity contribution in [2.75, 3.05) is 10.6 Å². The van der Waals surface area contributed by atoms with Crippen LogP contribution in [0.5, 0.6) is 0 Å². The number of alkyl halides is 3. The second kappa shape index (κ2) is 10.4. The van der Waals surface area contributed by atoms with Crippen molar-refractivity contribution in [1.82, 2.24) is 10.6 Å². The number of rotatable bonds is 5. The van der Waals surface area contributed by atoms with E-state index < -0.39 is 15.9 Å². The first-order valence-electron chi connectivity index (χ1n) is 8.13. The Bertz CT molecular complexity index is 924. The summed E-state index contributed by atoms with van der Waals surface area (Å²) in [5.41, 5.74) is 1.56. The number of benzene rings is 2. The molecule has 0 radical (unpaired) electrons. The van der Waals surface area contributed by atoms with Crippen LogP contribution in [0.1, 0.15) is 17.3 Å². The molecule has 154 valence electrons. The summed E-state index contributed by atoms with van der Waals surface area (Å²) in [5, 5.41) is 11.1. The van der Waals surface area contributed by atoms with Crippen molar-refractivity contribution in [2.45, 2.75) is 16.9 Å². The Morgan fingerprint density at radius 1 is 1.00 bits per heavy atom. The van der Waals surface area contributed by atoms with E-state index in [-0.39, 0.29) is 11.0 Å². The highest BCUT2D eigenvalue weighted by molar-refractivity contribution is 9.10. The zero-order chi connectivity index (χ0) is 21.6. The molecule has 0 aliphatic rings. The molecule has 2 aromatic carbocycles. The third kappa shape index (κ3) is 7.98. The van der Waals surface area contributed by atoms with Crippen LogP contribution in [0.15, 0.2) is 53.0 Å². The van der Waals surface area contributed by atoms with E-state index in [4.69, 9.17) is 47.0 Å². The molecule has 29 heavy (non-hydrogen) atoms. The van der Waals surface area contributed by atoms with Crippen molar-refractivity contribution in [3.8, 4) is 0 Å². The quantitative estimate of drug-likeness (QED) is 0.249. The van der Waals surface area contributed by atoms with E-state index >= 15 is 0 Å². The van der Waals surface area contributed by atoms with Gasteiger partial charge in [-0.2, -0.15) is 0 Å². The molecule has 0 spiro atoms. The topological polar surface area (TPSA) is 82.3 Å². The lowest BCUT2D eigenvalue weighted by Crippen LogP contribution is -2.56. The van der Waals surface area contributed by atoms with Crippen molar-refractivity contribution in [3.05, 3.63) is 58.6 Å². The number of amides is 2. The van der Waals surface area contributed by atoms with E-state index in [1.165, 1.54) is 6.92 Å². The van der Waals surface area contributed by atoms with Crippen LogP contribution in [0.3, 0.4) is 0 Å². The van der Waals surface area contributed by atoms with Gasteiger partial charge in [-0.3, -0.25) is 9.59 Å². The molecule has 2 rings (SSSR count). The Morgan fingerprint density at radius 3 is 2.21 bits per heavy atom. The normalized spacial score (nSPS) is 11.9. The fraction of sp³-hybridized carbons (Fsp3) is 0.167. The molecule has 0 aliphatic carbocycles. The maximum Gasteiger partial charge on any atom is 0.253 e. The minimum Gasteiger partial charge on any atom is -0.339 e. The van der Waals surface area contributed by atoms with Gasteiger partial charge in [0.2, 0.25) is 9.70 Å². The van der Waals surface area contributed by atoms with Gasteiger partial charge in [-0.05, 0) is 48.6 Å². The average molecular weight is 539 g/mol. The summed E-state index contributed by atoms with van der Waals surface area (Å²) in [6.07, 6.45) is -1.11. The molecular weight excluding hydrogens is 523 g/mol. The number of thiocarbonyl (C=S) groups is 1. The van der Waals surface area contributed by atoms with Crippen molar-refractivity contribution < 1.29 is 9.59 Å². The molecule has 11 heteroatoms. The number of nitrogens with one attached hydrogen (secondary N) is 4. The third-order valence-corrected chi connectivity index (χ3v) is 4.77. The largest absolute Gasteiger partial charge is 0.339 e. The first-order chi connectivity index (χ1) is 13.5. The van der Waals surface area contributed by atoms with Gasteiger partial charge >= 0.3 is 0 Å². The summed E-state index contributed by atoms with van der Waals surface area (Å²) in [6, 6.07) is 13.6. The number of hydrogen-bond acceptors (Lipinski definition) is 3. The average Bonchev–Trinajstić information content (AvgIpc) is 2.60. The van der Waals surface area contributed by atoms with E-state index in [1.54, 1.807) is 48.5 Å². The van der Waals surface area contributed by atoms with E-state index in [1.807, 2.05) is 0 Å². The van der Waals surface area contributed by atoms with Gasteiger partial charge in [0, 0.05) is 28.3 Å². The minimum absolute atomic E-state index is 0.107. The predicted molar refractivity (Wildman–Crippen MR) is 126 cm³/mol. The molecule has 0 bridgehead atoms. The molecule has 1 atom stereocenters. The molecule has 2 aromatic rings. The summed E-state index contributed by atoms with van der Waals surface area (Å²) in [7, 11) is 0. The maximum absolute atomic E-state index is 12.5. The van der Waals surface area contributed by atoms with Gasteiger partial charge in [-0.25, -0.2) is 0 Å². The van der Waals surface area contributed by atoms with Crippen molar-refractivity contribution in [2.24, 2.45) is 0 Å². The van der Waals surface area contributed by atoms with E-state index in [9.17, 15) is 9.59 Å². The van der Waals surface area contributed by atoms with Crippen molar-refractivity contribution in [3.63, 3.8) is 0 Å². The smallest absolute Gasteiger partial charge is 0.253 e. The summed E-state index contributed by atoms with van der Waals surface area (Å²) in [6.45, 7) is 1.41. The van der Waals surface area contributed by atoms with Crippen LogP contribution in [-0.4, -0.2) is 26.9 Å². The lowest BCUT2D eigenvalue weighted by Gasteiger charge is -2.28. The van der Waals surface area contributed by atoms with Crippen LogP contribution >= 0.6 is 63.0 Å². The Morgan fingerprint density at radius 2 is 1.62 bits per heavy atom. The number of anilines is 2. The van der Waals surface area contributed by atoms with Crippen LogP contribution in [0.2, 0.25) is 0 Å². The van der Waals surface area contributed by atoms with E-state index in [0.29, 0.717) is 16.9 Å². The van der Waals surface area contributed by atoms with Gasteiger partial charge in [0.05, 0.1) is 0 Å². The molecule has 2 amide bonds. The second-order valence-electron chi connectivity index (χ2n) is 5.82. The highest BCUT2D eigenvalue weighted by Gasteiger charge is 2.35. The van der Waals surface area contributed by atoms with Crippen molar-refractivity contribution in [1.29, 1.82) is 0 Å². The maximum atomic E-state index is 12.5. The van der Waals surface area contributed by atoms with Gasteiger partial charge in [0.25, 0.3) is 5.91 Å². The van der Waals surface area contributed by atoms with Crippen LogP contribution < -0.4 is 21.3 Å². The minimum atomic E-state index is -1.88. The monoisotopic (exact) mass is 536 g/mol. The predicted octanol–water partition coefficient (Wildman–Crippen LogP) is 4.82. The molecule has 0 aromatic heterocycles. The molecule has 0 saturated heterocycles. The van der Waals surface area contributed by atoms with Gasteiger partial charge in [-0.15, -0.1) is 0 Å². The highest BCUT2D eigenvalue weighted by atomic mass is 79.9. The van der Waals surface area contributed by atoms with E-state index in [2.05, 4.69) is 37.2 Å². The first-order valence-corrected chi connectivity index (χ1v) is 10.5. The van der Waals surface area contributed by atoms with Crippen LogP contribution in [-0.2, 0) is 4.79 Å². The molecule has 0 heterocycles. The molecule has 4 N–H and O–H groups in total. The Kier molecular flexibility index (Phi) is 8.54. The fourth-order valence-electron chi connectivity index (χ4n) is 2.22. The SMILES string of the molecule is CC(=O)Nc1cccc(NC(=S)NC(NC(=O)c2cccc(Br)c2)C(Cl)(Cl)Cl)c1. The molecule has 0 saturated carbocycles. The number of carbonyl (C=O) groups is 2. The molecular formula is C18H16BrCl3N4O2S. The lowest BCUT2D eigenvalue weighted by molar-refractivity contribution is -0.114. The fourth-order valence-corrected chi connectivity index (χ4v) is 3.18. The second-order valence-corrected chi connectivity index (χ2v) is 9.51. The molecule has 0 fully saturated rings. The standard InChI is InChI=1S/C18H16BrCl3N4O2S/c1-10(27)23-13-6-3-7-14(9-13)24-17(29)26-16(18(20,21)22)25-15(28)11-4-2-5-12(19)8-11/h2-9,16H,1H3,(H,23,27)(H,25,28)(H2,24,26,29). The Hall–Kier alpha value is -1.58. The molecule has 1 unspecified atom stereocenters.